The molecular formula is C14H28N2O. The minimum atomic E-state index is 0.545. The van der Waals surface area contributed by atoms with E-state index in [2.05, 4.69) is 17.1 Å². The highest BCUT2D eigenvalue weighted by atomic mass is 16.5. The third-order valence-corrected chi connectivity index (χ3v) is 4.13. The smallest absolute Gasteiger partial charge is 0.0730 e. The largest absolute Gasteiger partial charge is 0.375 e. The fourth-order valence-corrected chi connectivity index (χ4v) is 3.13. The van der Waals surface area contributed by atoms with Crippen LogP contribution in [0.4, 0.5) is 0 Å². The number of nitrogens with zero attached hydrogens (tertiary/aromatic N) is 1. The molecule has 2 fully saturated rings. The number of fused-ring (bicyclic) bond motifs is 1. The second-order valence-corrected chi connectivity index (χ2v) is 5.40. The maximum atomic E-state index is 5.83. The van der Waals surface area contributed by atoms with Crippen LogP contribution < -0.4 is 5.32 Å². The first-order valence-electron chi connectivity index (χ1n) is 7.48. The van der Waals surface area contributed by atoms with E-state index in [0.29, 0.717) is 6.10 Å². The lowest BCUT2D eigenvalue weighted by molar-refractivity contribution is -0.0548. The van der Waals surface area contributed by atoms with Crippen LogP contribution in [-0.2, 0) is 4.74 Å². The summed E-state index contributed by atoms with van der Waals surface area (Å²) in [5.41, 5.74) is 0. The summed E-state index contributed by atoms with van der Waals surface area (Å²) < 4.78 is 5.83. The van der Waals surface area contributed by atoms with E-state index in [1.807, 2.05) is 0 Å². The predicted molar refractivity (Wildman–Crippen MR) is 71.3 cm³/mol. The summed E-state index contributed by atoms with van der Waals surface area (Å²) >= 11 is 0. The van der Waals surface area contributed by atoms with Crippen LogP contribution in [0.5, 0.6) is 0 Å². The number of nitrogens with one attached hydrogen (secondary N) is 1. The van der Waals surface area contributed by atoms with Crippen LogP contribution in [0.25, 0.3) is 0 Å². The Morgan fingerprint density at radius 1 is 1.24 bits per heavy atom. The highest BCUT2D eigenvalue weighted by Gasteiger charge is 2.35. The maximum Gasteiger partial charge on any atom is 0.0730 e. The standard InChI is InChI=1S/C14H28N2O/c1-2-3-4-8-15-9-10-16-11-12-17-14-7-5-6-13(14)16/h13-15H,2-12H2,1H3. The van der Waals surface area contributed by atoms with Crippen molar-refractivity contribution in [1.29, 1.82) is 0 Å². The minimum absolute atomic E-state index is 0.545. The van der Waals surface area contributed by atoms with Gasteiger partial charge in [0.25, 0.3) is 0 Å². The van der Waals surface area contributed by atoms with Crippen molar-refractivity contribution in [3.8, 4) is 0 Å². The molecule has 1 N–H and O–H groups in total. The van der Waals surface area contributed by atoms with Gasteiger partial charge < -0.3 is 10.1 Å². The van der Waals surface area contributed by atoms with E-state index in [1.54, 1.807) is 0 Å². The van der Waals surface area contributed by atoms with Gasteiger partial charge in [0.05, 0.1) is 12.7 Å². The fourth-order valence-electron chi connectivity index (χ4n) is 3.13. The Balaban J connectivity index is 1.58. The van der Waals surface area contributed by atoms with Gasteiger partial charge in [0.15, 0.2) is 0 Å². The molecule has 0 amide bonds. The Morgan fingerprint density at radius 2 is 2.18 bits per heavy atom. The van der Waals surface area contributed by atoms with Gasteiger partial charge in [-0.1, -0.05) is 19.8 Å². The van der Waals surface area contributed by atoms with Crippen molar-refractivity contribution in [2.75, 3.05) is 32.8 Å². The van der Waals surface area contributed by atoms with Crippen LogP contribution in [-0.4, -0.2) is 49.8 Å². The summed E-state index contributed by atoms with van der Waals surface area (Å²) in [6.07, 6.45) is 8.53. The van der Waals surface area contributed by atoms with Gasteiger partial charge >= 0.3 is 0 Å². The van der Waals surface area contributed by atoms with Gasteiger partial charge in [0.2, 0.25) is 0 Å². The topological polar surface area (TPSA) is 24.5 Å². The molecule has 1 saturated carbocycles. The lowest BCUT2D eigenvalue weighted by Gasteiger charge is -2.37. The average molecular weight is 240 g/mol. The number of hydrogen-bond acceptors (Lipinski definition) is 3. The summed E-state index contributed by atoms with van der Waals surface area (Å²) in [4.78, 5) is 2.65. The van der Waals surface area contributed by atoms with Crippen molar-refractivity contribution >= 4 is 0 Å². The molecule has 100 valence electrons. The second kappa shape index (κ2) is 7.34. The molecule has 2 aliphatic rings. The van der Waals surface area contributed by atoms with Gasteiger partial charge in [-0.05, 0) is 32.2 Å². The van der Waals surface area contributed by atoms with Crippen molar-refractivity contribution in [3.05, 3.63) is 0 Å². The molecular weight excluding hydrogens is 212 g/mol. The molecule has 0 spiro atoms. The van der Waals surface area contributed by atoms with Gasteiger partial charge in [0.1, 0.15) is 0 Å². The molecule has 0 aromatic rings. The normalized spacial score (nSPS) is 29.5. The average Bonchev–Trinajstić information content (AvgIpc) is 2.82. The highest BCUT2D eigenvalue weighted by molar-refractivity contribution is 4.89. The van der Waals surface area contributed by atoms with Crippen molar-refractivity contribution in [3.63, 3.8) is 0 Å². The third kappa shape index (κ3) is 3.94. The van der Waals surface area contributed by atoms with E-state index in [1.165, 1.54) is 51.6 Å². The van der Waals surface area contributed by atoms with Gasteiger partial charge in [-0.25, -0.2) is 0 Å². The molecule has 3 nitrogen and oxygen atoms in total. The number of rotatable bonds is 7. The Labute approximate surface area is 106 Å². The Kier molecular flexibility index (Phi) is 5.75. The summed E-state index contributed by atoms with van der Waals surface area (Å²) in [6, 6.07) is 0.723. The van der Waals surface area contributed by atoms with E-state index in [4.69, 9.17) is 4.74 Å². The molecule has 1 aliphatic carbocycles. The van der Waals surface area contributed by atoms with Crippen molar-refractivity contribution in [2.24, 2.45) is 0 Å². The molecule has 17 heavy (non-hydrogen) atoms. The van der Waals surface area contributed by atoms with E-state index in [9.17, 15) is 0 Å². The SMILES string of the molecule is CCCCCNCCN1CCOC2CCCC21. The van der Waals surface area contributed by atoms with Crippen LogP contribution in [0, 0.1) is 0 Å². The molecule has 2 rings (SSSR count). The first-order chi connectivity index (χ1) is 8.42. The maximum absolute atomic E-state index is 5.83. The van der Waals surface area contributed by atoms with Crippen LogP contribution in [0.3, 0.4) is 0 Å². The first-order valence-corrected chi connectivity index (χ1v) is 7.48. The molecule has 0 radical (unpaired) electrons. The lowest BCUT2D eigenvalue weighted by atomic mass is 10.1. The van der Waals surface area contributed by atoms with Gasteiger partial charge in [-0.3, -0.25) is 4.90 Å². The molecule has 1 heterocycles. The van der Waals surface area contributed by atoms with E-state index >= 15 is 0 Å². The lowest BCUT2D eigenvalue weighted by Crippen LogP contribution is -2.50. The molecule has 2 atom stereocenters. The van der Waals surface area contributed by atoms with Gasteiger partial charge in [0, 0.05) is 25.7 Å². The molecule has 0 aromatic carbocycles. The number of unbranched alkanes of at least 4 members (excludes halogenated alkanes) is 2. The van der Waals surface area contributed by atoms with Gasteiger partial charge in [-0.15, -0.1) is 0 Å². The van der Waals surface area contributed by atoms with E-state index < -0.39 is 0 Å². The Hall–Kier alpha value is -0.120. The Bertz CT molecular complexity index is 210. The van der Waals surface area contributed by atoms with Gasteiger partial charge in [-0.2, -0.15) is 0 Å². The molecule has 1 aliphatic heterocycles. The molecule has 3 heteroatoms. The zero-order valence-corrected chi connectivity index (χ0v) is 11.3. The quantitative estimate of drug-likeness (QED) is 0.689. The highest BCUT2D eigenvalue weighted by Crippen LogP contribution is 2.29. The van der Waals surface area contributed by atoms with Crippen molar-refractivity contribution in [1.82, 2.24) is 10.2 Å². The monoisotopic (exact) mass is 240 g/mol. The number of hydrogen-bond donors (Lipinski definition) is 1. The van der Waals surface area contributed by atoms with Crippen LogP contribution in [0.1, 0.15) is 45.4 Å². The van der Waals surface area contributed by atoms with E-state index in [-0.39, 0.29) is 0 Å². The first kappa shape index (κ1) is 13.3. The van der Waals surface area contributed by atoms with E-state index in [0.717, 1.165) is 25.7 Å². The van der Waals surface area contributed by atoms with Crippen LogP contribution in [0.15, 0.2) is 0 Å². The summed E-state index contributed by atoms with van der Waals surface area (Å²) in [6.45, 7) is 7.87. The molecule has 1 saturated heterocycles. The second-order valence-electron chi connectivity index (χ2n) is 5.40. The predicted octanol–water partition coefficient (Wildman–Crippen LogP) is 2.02. The fraction of sp³-hybridized carbons (Fsp3) is 1.00. The number of ether oxygens (including phenoxy) is 1. The molecule has 0 bridgehead atoms. The third-order valence-electron chi connectivity index (χ3n) is 4.13. The molecule has 0 aromatic heterocycles. The number of morpholine rings is 1. The zero-order valence-electron chi connectivity index (χ0n) is 11.3. The zero-order chi connectivity index (χ0) is 11.9. The molecule has 2 unspecified atom stereocenters. The minimum Gasteiger partial charge on any atom is -0.375 e. The summed E-state index contributed by atoms with van der Waals surface area (Å²) in [5.74, 6) is 0. The summed E-state index contributed by atoms with van der Waals surface area (Å²) in [7, 11) is 0. The van der Waals surface area contributed by atoms with Crippen molar-refractivity contribution in [2.45, 2.75) is 57.6 Å². The Morgan fingerprint density at radius 3 is 3.06 bits per heavy atom. The van der Waals surface area contributed by atoms with Crippen LogP contribution in [0.2, 0.25) is 0 Å². The summed E-state index contributed by atoms with van der Waals surface area (Å²) in [5, 5.41) is 3.56. The van der Waals surface area contributed by atoms with Crippen molar-refractivity contribution < 1.29 is 4.74 Å². The van der Waals surface area contributed by atoms with Crippen LogP contribution >= 0.6 is 0 Å².